The summed E-state index contributed by atoms with van der Waals surface area (Å²) in [6.07, 6.45) is 0. The molecule has 0 fully saturated rings. The van der Waals surface area contributed by atoms with E-state index in [9.17, 15) is 0 Å². The molecule has 0 amide bonds. The summed E-state index contributed by atoms with van der Waals surface area (Å²) in [5.41, 5.74) is 15.3. The zero-order valence-corrected chi connectivity index (χ0v) is 26.8. The minimum atomic E-state index is -0.434. The molecule has 0 aromatic heterocycles. The van der Waals surface area contributed by atoms with Crippen LogP contribution in [-0.2, 0) is 5.41 Å². The maximum absolute atomic E-state index is 2.55. The Kier molecular flexibility index (Phi) is 5.41. The van der Waals surface area contributed by atoms with E-state index in [2.05, 4.69) is 182 Å². The van der Waals surface area contributed by atoms with Crippen LogP contribution in [0.5, 0.6) is 0 Å². The number of hydrogen-bond acceptors (Lipinski definition) is 0. The monoisotopic (exact) mass is 618 g/mol. The molecule has 0 radical (unpaired) electrons. The summed E-state index contributed by atoms with van der Waals surface area (Å²) >= 11 is 0. The average molecular weight is 619 g/mol. The van der Waals surface area contributed by atoms with E-state index >= 15 is 0 Å². The van der Waals surface area contributed by atoms with E-state index in [1.54, 1.807) is 0 Å². The second-order valence-corrected chi connectivity index (χ2v) is 13.5. The molecule has 49 heavy (non-hydrogen) atoms. The molecule has 0 aliphatic heterocycles. The van der Waals surface area contributed by atoms with E-state index in [1.807, 2.05) is 0 Å². The van der Waals surface area contributed by atoms with Gasteiger partial charge in [0.1, 0.15) is 0 Å². The lowest BCUT2D eigenvalue weighted by molar-refractivity contribution is 0.795. The van der Waals surface area contributed by atoms with Crippen LogP contribution in [0.3, 0.4) is 0 Å². The first-order chi connectivity index (χ1) is 24.3. The highest BCUT2D eigenvalue weighted by Gasteiger charge is 2.51. The number of fused-ring (bicyclic) bond motifs is 16. The summed E-state index contributed by atoms with van der Waals surface area (Å²) in [6.45, 7) is 0. The summed E-state index contributed by atoms with van der Waals surface area (Å²) < 4.78 is 0. The van der Waals surface area contributed by atoms with Crippen LogP contribution in [0.15, 0.2) is 182 Å². The SMILES string of the molecule is c1ccc(-c2ccccc2-c2ccc3c(c2)C2(c4ccccc4-3)c3ccccc3-c3cc4c5ccccc5c5ccccc5c4cc32)cc1. The predicted molar refractivity (Wildman–Crippen MR) is 206 cm³/mol. The lowest BCUT2D eigenvalue weighted by Gasteiger charge is -2.31. The van der Waals surface area contributed by atoms with Crippen molar-refractivity contribution < 1.29 is 0 Å². The molecular formula is C49H30. The van der Waals surface area contributed by atoms with Crippen molar-refractivity contribution in [2.45, 2.75) is 5.41 Å². The van der Waals surface area contributed by atoms with E-state index < -0.39 is 5.41 Å². The summed E-state index contributed by atoms with van der Waals surface area (Å²) in [5, 5.41) is 7.87. The fourth-order valence-electron chi connectivity index (χ4n) is 9.31. The Morgan fingerprint density at radius 3 is 1.29 bits per heavy atom. The van der Waals surface area contributed by atoms with Crippen LogP contribution in [0.2, 0.25) is 0 Å². The van der Waals surface area contributed by atoms with Crippen molar-refractivity contribution in [3.63, 3.8) is 0 Å². The predicted octanol–water partition coefficient (Wildman–Crippen LogP) is 12.8. The fraction of sp³-hybridized carbons (Fsp3) is 0.0204. The first kappa shape index (κ1) is 26.8. The van der Waals surface area contributed by atoms with Gasteiger partial charge in [-0.1, -0.05) is 164 Å². The highest BCUT2D eigenvalue weighted by Crippen LogP contribution is 2.64. The molecule has 2 aliphatic carbocycles. The Hall–Kier alpha value is -6.24. The minimum Gasteiger partial charge on any atom is -0.0622 e. The van der Waals surface area contributed by atoms with E-state index in [4.69, 9.17) is 0 Å². The summed E-state index contributed by atoms with van der Waals surface area (Å²) in [7, 11) is 0. The van der Waals surface area contributed by atoms with Gasteiger partial charge in [-0.05, 0) is 117 Å². The summed E-state index contributed by atoms with van der Waals surface area (Å²) in [5.74, 6) is 0. The Labute approximate surface area is 285 Å². The van der Waals surface area contributed by atoms with Crippen LogP contribution in [0.4, 0.5) is 0 Å². The van der Waals surface area contributed by atoms with E-state index in [0.717, 1.165) is 0 Å². The van der Waals surface area contributed by atoms with Crippen LogP contribution in [-0.4, -0.2) is 0 Å². The molecule has 9 aromatic rings. The van der Waals surface area contributed by atoms with Crippen molar-refractivity contribution in [3.8, 4) is 44.5 Å². The molecule has 11 rings (SSSR count). The van der Waals surface area contributed by atoms with Crippen LogP contribution in [0, 0.1) is 0 Å². The zero-order valence-electron chi connectivity index (χ0n) is 26.8. The van der Waals surface area contributed by atoms with Crippen molar-refractivity contribution in [2.75, 3.05) is 0 Å². The third kappa shape index (κ3) is 3.48. The van der Waals surface area contributed by atoms with E-state index in [0.29, 0.717) is 0 Å². The Balaban J connectivity index is 1.27. The number of hydrogen-bond donors (Lipinski definition) is 0. The lowest BCUT2D eigenvalue weighted by atomic mass is 9.70. The molecule has 0 saturated carbocycles. The standard InChI is InChI=1S/C49H30/c1-2-14-31(15-3-1)33-16-4-5-17-34(33)32-26-27-41-39-22-10-12-24-45(39)49(47(41)28-32)46-25-13-11-23-40(46)44-29-42-37-20-8-6-18-35(37)36-19-7-9-21-38(36)43(42)30-48(44)49/h1-30H. The number of rotatable bonds is 2. The molecule has 2 aliphatic rings. The van der Waals surface area contributed by atoms with Crippen molar-refractivity contribution in [2.24, 2.45) is 0 Å². The quantitative estimate of drug-likeness (QED) is 0.169. The van der Waals surface area contributed by atoms with E-state index in [-0.39, 0.29) is 0 Å². The third-order valence-corrected chi connectivity index (χ3v) is 11.3. The topological polar surface area (TPSA) is 0 Å². The Morgan fingerprint density at radius 2 is 0.653 bits per heavy atom. The number of benzene rings is 9. The van der Waals surface area contributed by atoms with Gasteiger partial charge in [-0.15, -0.1) is 0 Å². The van der Waals surface area contributed by atoms with Crippen molar-refractivity contribution in [1.29, 1.82) is 0 Å². The lowest BCUT2D eigenvalue weighted by Crippen LogP contribution is -2.26. The molecule has 0 heterocycles. The molecule has 1 unspecified atom stereocenters. The molecule has 1 atom stereocenters. The fourth-order valence-corrected chi connectivity index (χ4v) is 9.31. The first-order valence-electron chi connectivity index (χ1n) is 17.2. The normalized spacial score (nSPS) is 15.4. The molecule has 0 nitrogen and oxygen atoms in total. The van der Waals surface area contributed by atoms with Crippen LogP contribution in [0.1, 0.15) is 22.3 Å². The maximum atomic E-state index is 2.55. The largest absolute Gasteiger partial charge is 0.0725 e. The van der Waals surface area contributed by atoms with Gasteiger partial charge < -0.3 is 0 Å². The molecule has 0 saturated heterocycles. The van der Waals surface area contributed by atoms with Gasteiger partial charge >= 0.3 is 0 Å². The van der Waals surface area contributed by atoms with Crippen molar-refractivity contribution in [1.82, 2.24) is 0 Å². The van der Waals surface area contributed by atoms with Gasteiger partial charge in [0.25, 0.3) is 0 Å². The van der Waals surface area contributed by atoms with Gasteiger partial charge in [-0.2, -0.15) is 0 Å². The molecule has 0 bridgehead atoms. The highest BCUT2D eigenvalue weighted by atomic mass is 14.5. The molecule has 226 valence electrons. The van der Waals surface area contributed by atoms with Crippen molar-refractivity contribution in [3.05, 3.63) is 204 Å². The summed E-state index contributed by atoms with van der Waals surface area (Å²) in [6, 6.07) is 68.0. The molecule has 0 heteroatoms. The zero-order chi connectivity index (χ0) is 32.1. The Morgan fingerprint density at radius 1 is 0.224 bits per heavy atom. The average Bonchev–Trinajstić information content (AvgIpc) is 3.64. The maximum Gasteiger partial charge on any atom is 0.0725 e. The molecule has 0 N–H and O–H groups in total. The van der Waals surface area contributed by atoms with Gasteiger partial charge in [-0.3, -0.25) is 0 Å². The third-order valence-electron chi connectivity index (χ3n) is 11.3. The van der Waals surface area contributed by atoms with E-state index in [1.165, 1.54) is 99.1 Å². The van der Waals surface area contributed by atoms with Crippen molar-refractivity contribution >= 4 is 32.3 Å². The molecular weight excluding hydrogens is 589 g/mol. The second kappa shape index (κ2) is 9.89. The Bertz CT molecular complexity index is 2820. The van der Waals surface area contributed by atoms with Gasteiger partial charge in [0.2, 0.25) is 0 Å². The smallest absolute Gasteiger partial charge is 0.0622 e. The van der Waals surface area contributed by atoms with Gasteiger partial charge in [-0.25, -0.2) is 0 Å². The summed E-state index contributed by atoms with van der Waals surface area (Å²) in [4.78, 5) is 0. The second-order valence-electron chi connectivity index (χ2n) is 13.5. The van der Waals surface area contributed by atoms with Crippen LogP contribution < -0.4 is 0 Å². The minimum absolute atomic E-state index is 0.434. The molecule has 9 aromatic carbocycles. The van der Waals surface area contributed by atoms with Gasteiger partial charge in [0.15, 0.2) is 0 Å². The van der Waals surface area contributed by atoms with Crippen LogP contribution in [0.25, 0.3) is 76.8 Å². The van der Waals surface area contributed by atoms with Crippen LogP contribution >= 0.6 is 0 Å². The first-order valence-corrected chi connectivity index (χ1v) is 17.2. The molecule has 1 spiro atoms. The van der Waals surface area contributed by atoms with Gasteiger partial charge in [0.05, 0.1) is 5.41 Å². The van der Waals surface area contributed by atoms with Gasteiger partial charge in [0, 0.05) is 0 Å². The highest BCUT2D eigenvalue weighted by molar-refractivity contribution is 6.26.